The Balaban J connectivity index is 1.71. The topological polar surface area (TPSA) is 75.6 Å². The molecule has 1 atom stereocenters. The molecule has 1 unspecified atom stereocenters. The van der Waals surface area contributed by atoms with Gasteiger partial charge in [0.2, 0.25) is 5.91 Å². The minimum Gasteiger partial charge on any atom is -0.472 e. The van der Waals surface area contributed by atoms with E-state index in [-0.39, 0.29) is 12.5 Å². The molecule has 0 saturated heterocycles. The maximum atomic E-state index is 12.0. The zero-order valence-electron chi connectivity index (χ0n) is 12.1. The minimum absolute atomic E-state index is 0.0361. The van der Waals surface area contributed by atoms with Crippen molar-refractivity contribution in [1.82, 2.24) is 5.32 Å². The molecule has 6 heteroatoms. The molecule has 0 saturated carbocycles. The van der Waals surface area contributed by atoms with Crippen molar-refractivity contribution in [2.75, 3.05) is 6.54 Å². The fraction of sp³-hybridized carbons (Fsp3) is 0.118. The van der Waals surface area contributed by atoms with Crippen molar-refractivity contribution in [1.29, 1.82) is 0 Å². The van der Waals surface area contributed by atoms with Crippen LogP contribution in [0.15, 0.2) is 69.4 Å². The van der Waals surface area contributed by atoms with Gasteiger partial charge in [0, 0.05) is 16.5 Å². The molecular formula is C17H15NO4S. The molecule has 0 aliphatic rings. The van der Waals surface area contributed by atoms with Gasteiger partial charge in [-0.25, -0.2) is 0 Å². The molecule has 0 fully saturated rings. The molecule has 5 nitrogen and oxygen atoms in total. The first-order valence-electron chi connectivity index (χ1n) is 6.97. The second-order valence-electron chi connectivity index (χ2n) is 4.92. The van der Waals surface area contributed by atoms with Gasteiger partial charge in [0.1, 0.15) is 11.4 Å². The average Bonchev–Trinajstić information content (AvgIpc) is 3.33. The third kappa shape index (κ3) is 3.44. The highest BCUT2D eigenvalue weighted by Crippen LogP contribution is 2.32. The van der Waals surface area contributed by atoms with Crippen LogP contribution in [0.2, 0.25) is 0 Å². The third-order valence-electron chi connectivity index (χ3n) is 3.39. The van der Waals surface area contributed by atoms with Crippen molar-refractivity contribution < 1.29 is 18.7 Å². The molecule has 2 N–H and O–H groups in total. The van der Waals surface area contributed by atoms with Crippen LogP contribution in [0.1, 0.15) is 16.2 Å². The van der Waals surface area contributed by atoms with E-state index < -0.39 is 5.60 Å². The standard InChI is InChI=1S/C17H15NO4S/c19-16(6-5-14-3-1-8-22-14)18-12-17(20,13-7-9-21-11-13)15-4-2-10-23-15/h1-11,20H,12H2,(H,18,19)/b6-5+. The van der Waals surface area contributed by atoms with Crippen molar-refractivity contribution >= 4 is 23.3 Å². The Bertz CT molecular complexity index is 724. The van der Waals surface area contributed by atoms with Crippen LogP contribution < -0.4 is 5.32 Å². The molecule has 1 amide bonds. The summed E-state index contributed by atoms with van der Waals surface area (Å²) in [5.74, 6) is 0.267. The van der Waals surface area contributed by atoms with E-state index in [2.05, 4.69) is 5.32 Å². The first-order chi connectivity index (χ1) is 11.2. The van der Waals surface area contributed by atoms with E-state index in [1.54, 1.807) is 24.3 Å². The van der Waals surface area contributed by atoms with Crippen LogP contribution in [0, 0.1) is 0 Å². The number of thiophene rings is 1. The van der Waals surface area contributed by atoms with Crippen LogP contribution in [0.3, 0.4) is 0 Å². The zero-order chi connectivity index (χ0) is 16.1. The van der Waals surface area contributed by atoms with Crippen LogP contribution >= 0.6 is 11.3 Å². The lowest BCUT2D eigenvalue weighted by molar-refractivity contribution is -0.117. The Morgan fingerprint density at radius 2 is 2.22 bits per heavy atom. The Morgan fingerprint density at radius 3 is 2.87 bits per heavy atom. The lowest BCUT2D eigenvalue weighted by Gasteiger charge is -2.26. The molecule has 118 valence electrons. The van der Waals surface area contributed by atoms with Gasteiger partial charge in [-0.3, -0.25) is 4.79 Å². The SMILES string of the molecule is O=C(/C=C/c1ccco1)NCC(O)(c1ccoc1)c1cccs1. The van der Waals surface area contributed by atoms with Crippen molar-refractivity contribution in [3.63, 3.8) is 0 Å². The van der Waals surface area contributed by atoms with Gasteiger partial charge in [0.05, 0.1) is 25.3 Å². The number of nitrogens with one attached hydrogen (secondary N) is 1. The highest BCUT2D eigenvalue weighted by Gasteiger charge is 2.34. The smallest absolute Gasteiger partial charge is 0.244 e. The van der Waals surface area contributed by atoms with Gasteiger partial charge in [-0.15, -0.1) is 11.3 Å². The largest absolute Gasteiger partial charge is 0.472 e. The summed E-state index contributed by atoms with van der Waals surface area (Å²) in [6, 6.07) is 8.85. The van der Waals surface area contributed by atoms with E-state index in [9.17, 15) is 9.90 Å². The van der Waals surface area contributed by atoms with Gasteiger partial charge < -0.3 is 19.3 Å². The molecule has 3 aromatic heterocycles. The molecule has 0 radical (unpaired) electrons. The monoisotopic (exact) mass is 329 g/mol. The second kappa shape index (κ2) is 6.68. The van der Waals surface area contributed by atoms with E-state index in [4.69, 9.17) is 8.83 Å². The summed E-state index contributed by atoms with van der Waals surface area (Å²) in [5, 5.41) is 15.6. The number of furan rings is 2. The molecule has 0 aromatic carbocycles. The van der Waals surface area contributed by atoms with E-state index in [0.29, 0.717) is 11.3 Å². The van der Waals surface area contributed by atoms with Gasteiger partial charge in [0.15, 0.2) is 0 Å². The predicted molar refractivity (Wildman–Crippen MR) is 86.8 cm³/mol. The number of carbonyl (C=O) groups is 1. The summed E-state index contributed by atoms with van der Waals surface area (Å²) in [5.41, 5.74) is -0.731. The van der Waals surface area contributed by atoms with Gasteiger partial charge in [-0.2, -0.15) is 0 Å². The van der Waals surface area contributed by atoms with Crippen LogP contribution in [0.4, 0.5) is 0 Å². The van der Waals surface area contributed by atoms with Crippen molar-refractivity contribution in [2.24, 2.45) is 0 Å². The van der Waals surface area contributed by atoms with E-state index in [0.717, 1.165) is 4.88 Å². The molecule has 23 heavy (non-hydrogen) atoms. The molecule has 0 aliphatic heterocycles. The Labute approximate surface area is 136 Å². The molecule has 0 spiro atoms. The summed E-state index contributed by atoms with van der Waals surface area (Å²) >= 11 is 1.42. The number of aliphatic hydroxyl groups is 1. The van der Waals surface area contributed by atoms with Crippen molar-refractivity contribution in [3.05, 3.63) is 76.8 Å². The van der Waals surface area contributed by atoms with Crippen molar-refractivity contribution in [2.45, 2.75) is 5.60 Å². The fourth-order valence-corrected chi connectivity index (χ4v) is 3.01. The maximum Gasteiger partial charge on any atom is 0.244 e. The summed E-state index contributed by atoms with van der Waals surface area (Å²) in [6.07, 6.45) is 7.43. The van der Waals surface area contributed by atoms with Crippen LogP contribution in [-0.2, 0) is 10.4 Å². The van der Waals surface area contributed by atoms with E-state index in [1.165, 1.54) is 36.2 Å². The molecule has 3 rings (SSSR count). The maximum absolute atomic E-state index is 12.0. The first kappa shape index (κ1) is 15.3. The lowest BCUT2D eigenvalue weighted by atomic mass is 9.94. The molecule has 0 bridgehead atoms. The van der Waals surface area contributed by atoms with Crippen molar-refractivity contribution in [3.8, 4) is 0 Å². The predicted octanol–water partition coefficient (Wildman–Crippen LogP) is 3.00. The fourth-order valence-electron chi connectivity index (χ4n) is 2.16. The quantitative estimate of drug-likeness (QED) is 0.682. The van der Waals surface area contributed by atoms with E-state index >= 15 is 0 Å². The minimum atomic E-state index is -1.32. The lowest BCUT2D eigenvalue weighted by Crippen LogP contribution is -2.40. The molecule has 3 heterocycles. The second-order valence-corrected chi connectivity index (χ2v) is 5.86. The Morgan fingerprint density at radius 1 is 1.30 bits per heavy atom. The van der Waals surface area contributed by atoms with Gasteiger partial charge in [-0.05, 0) is 35.7 Å². The third-order valence-corrected chi connectivity index (χ3v) is 4.41. The van der Waals surface area contributed by atoms with Gasteiger partial charge in [-0.1, -0.05) is 6.07 Å². The summed E-state index contributed by atoms with van der Waals surface area (Å²) in [4.78, 5) is 12.7. The molecule has 3 aromatic rings. The number of hydrogen-bond donors (Lipinski definition) is 2. The highest BCUT2D eigenvalue weighted by atomic mass is 32.1. The Hall–Kier alpha value is -2.57. The summed E-state index contributed by atoms with van der Waals surface area (Å²) in [7, 11) is 0. The normalized spacial score (nSPS) is 14.0. The Kier molecular flexibility index (Phi) is 4.45. The summed E-state index contributed by atoms with van der Waals surface area (Å²) in [6.45, 7) is 0.0361. The number of carbonyl (C=O) groups excluding carboxylic acids is 1. The van der Waals surface area contributed by atoms with E-state index in [1.807, 2.05) is 17.5 Å². The zero-order valence-corrected chi connectivity index (χ0v) is 13.0. The number of rotatable bonds is 6. The molecular weight excluding hydrogens is 314 g/mol. The number of hydrogen-bond acceptors (Lipinski definition) is 5. The van der Waals surface area contributed by atoms with Gasteiger partial charge >= 0.3 is 0 Å². The van der Waals surface area contributed by atoms with Gasteiger partial charge in [0.25, 0.3) is 0 Å². The highest BCUT2D eigenvalue weighted by molar-refractivity contribution is 7.10. The summed E-state index contributed by atoms with van der Waals surface area (Å²) < 4.78 is 10.2. The van der Waals surface area contributed by atoms with Crippen LogP contribution in [-0.4, -0.2) is 17.6 Å². The number of amides is 1. The van der Waals surface area contributed by atoms with Crippen LogP contribution in [0.5, 0.6) is 0 Å². The van der Waals surface area contributed by atoms with Crippen LogP contribution in [0.25, 0.3) is 6.08 Å². The molecule has 0 aliphatic carbocycles. The average molecular weight is 329 g/mol. The first-order valence-corrected chi connectivity index (χ1v) is 7.85.